The van der Waals surface area contributed by atoms with Crippen LogP contribution in [0, 0.1) is 0 Å². The minimum atomic E-state index is 0.217. The summed E-state index contributed by atoms with van der Waals surface area (Å²) in [6.07, 6.45) is 4.86. The average Bonchev–Trinajstić information content (AvgIpc) is 2.59. The van der Waals surface area contributed by atoms with E-state index in [4.69, 9.17) is 0 Å². The van der Waals surface area contributed by atoms with Crippen LogP contribution in [-0.4, -0.2) is 29.6 Å². The predicted octanol–water partition coefficient (Wildman–Crippen LogP) is 4.30. The minimum absolute atomic E-state index is 0.217. The molecule has 2 nitrogen and oxygen atoms in total. The smallest absolute Gasteiger partial charge is 0.115 e. The number of benzene rings is 2. The van der Waals surface area contributed by atoms with Gasteiger partial charge in [0.2, 0.25) is 0 Å². The Labute approximate surface area is 138 Å². The fourth-order valence-electron chi connectivity index (χ4n) is 4.81. The summed E-state index contributed by atoms with van der Waals surface area (Å²) in [6.45, 7) is 1.15. The van der Waals surface area contributed by atoms with Crippen molar-refractivity contribution in [2.24, 2.45) is 0 Å². The third-order valence-electron chi connectivity index (χ3n) is 6.12. The van der Waals surface area contributed by atoms with E-state index in [1.807, 2.05) is 12.1 Å². The quantitative estimate of drug-likeness (QED) is 0.894. The molecule has 2 bridgehead atoms. The maximum absolute atomic E-state index is 9.96. The van der Waals surface area contributed by atoms with Crippen LogP contribution in [0.25, 0.3) is 0 Å². The zero-order valence-corrected chi connectivity index (χ0v) is 13.8. The Bertz CT molecular complexity index is 683. The highest BCUT2D eigenvalue weighted by atomic mass is 16.3. The summed E-state index contributed by atoms with van der Waals surface area (Å²) in [7, 11) is 2.27. The molecule has 23 heavy (non-hydrogen) atoms. The van der Waals surface area contributed by atoms with Crippen molar-refractivity contribution in [2.75, 3.05) is 13.6 Å². The van der Waals surface area contributed by atoms with Gasteiger partial charge >= 0.3 is 0 Å². The molecule has 0 spiro atoms. The molecule has 0 aromatic heterocycles. The Hall–Kier alpha value is -1.80. The van der Waals surface area contributed by atoms with Gasteiger partial charge in [-0.3, -0.25) is 0 Å². The van der Waals surface area contributed by atoms with Crippen molar-refractivity contribution in [3.05, 3.63) is 65.7 Å². The molecule has 3 atom stereocenters. The van der Waals surface area contributed by atoms with E-state index < -0.39 is 0 Å². The molecule has 1 heterocycles. The van der Waals surface area contributed by atoms with Crippen molar-refractivity contribution < 1.29 is 5.11 Å². The number of likely N-dealkylation sites (tertiary alicyclic amines) is 1. The largest absolute Gasteiger partial charge is 0.508 e. The fourth-order valence-corrected chi connectivity index (χ4v) is 4.81. The Balaban J connectivity index is 1.73. The van der Waals surface area contributed by atoms with Crippen molar-refractivity contribution >= 4 is 0 Å². The highest BCUT2D eigenvalue weighted by Crippen LogP contribution is 2.51. The lowest BCUT2D eigenvalue weighted by atomic mass is 9.59. The number of piperidine rings is 1. The first-order valence-electron chi connectivity index (χ1n) is 8.71. The molecule has 2 fully saturated rings. The van der Waals surface area contributed by atoms with Gasteiger partial charge in [-0.15, -0.1) is 0 Å². The van der Waals surface area contributed by atoms with Gasteiger partial charge in [0, 0.05) is 6.04 Å². The molecule has 0 radical (unpaired) electrons. The molecule has 0 unspecified atom stereocenters. The molecular formula is C21H25NO. The molecule has 1 saturated carbocycles. The van der Waals surface area contributed by atoms with E-state index in [9.17, 15) is 5.11 Å². The third kappa shape index (κ3) is 2.66. The summed E-state index contributed by atoms with van der Waals surface area (Å²) in [4.78, 5) is 2.54. The number of aromatic hydroxyl groups is 1. The molecule has 2 aromatic rings. The van der Waals surface area contributed by atoms with Gasteiger partial charge in [0.05, 0.1) is 0 Å². The molecule has 1 saturated heterocycles. The lowest BCUT2D eigenvalue weighted by Crippen LogP contribution is -2.51. The van der Waals surface area contributed by atoms with Crippen LogP contribution in [0.5, 0.6) is 5.75 Å². The van der Waals surface area contributed by atoms with Crippen LogP contribution in [-0.2, 0) is 5.41 Å². The van der Waals surface area contributed by atoms with E-state index in [1.165, 1.54) is 36.8 Å². The standard InChI is InChI=1S/C21H25NO/c1-22-11-10-21(18-8-5-9-20(23)13-18)14-17(12-19(22)15-21)16-6-3-2-4-7-16/h2-9,13,17,19,23H,10-12,14-15H2,1H3/t17-,19-,21-/m0/s1. The van der Waals surface area contributed by atoms with Crippen LogP contribution in [0.3, 0.4) is 0 Å². The number of phenolic OH excluding ortho intramolecular Hbond substituents is 1. The number of hydrogen-bond donors (Lipinski definition) is 1. The second-order valence-electron chi connectivity index (χ2n) is 7.47. The first-order valence-corrected chi connectivity index (χ1v) is 8.71. The molecule has 2 heteroatoms. The first kappa shape index (κ1) is 14.8. The van der Waals surface area contributed by atoms with Gasteiger partial charge < -0.3 is 10.0 Å². The highest BCUT2D eigenvalue weighted by Gasteiger charge is 2.46. The van der Waals surface area contributed by atoms with Crippen LogP contribution in [0.1, 0.15) is 42.7 Å². The van der Waals surface area contributed by atoms with Crippen molar-refractivity contribution in [1.82, 2.24) is 4.90 Å². The van der Waals surface area contributed by atoms with Crippen molar-refractivity contribution in [3.8, 4) is 5.75 Å². The Kier molecular flexibility index (Phi) is 3.65. The summed E-state index contributed by atoms with van der Waals surface area (Å²) in [6, 6.07) is 19.6. The number of hydrogen-bond acceptors (Lipinski definition) is 2. The fraction of sp³-hybridized carbons (Fsp3) is 0.429. The molecule has 1 aliphatic heterocycles. The lowest BCUT2D eigenvalue weighted by molar-refractivity contribution is 0.0604. The van der Waals surface area contributed by atoms with E-state index >= 15 is 0 Å². The molecule has 2 aromatic carbocycles. The monoisotopic (exact) mass is 307 g/mol. The first-order chi connectivity index (χ1) is 11.2. The Morgan fingerprint density at radius 1 is 1.04 bits per heavy atom. The SMILES string of the molecule is CN1CC[C@]2(c3cccc(O)c3)C[C@@H](c3ccccc3)C[C@H]1C2. The number of phenols is 1. The van der Waals surface area contributed by atoms with Crippen LogP contribution in [0.4, 0.5) is 0 Å². The van der Waals surface area contributed by atoms with Gasteiger partial charge in [0.15, 0.2) is 0 Å². The second kappa shape index (κ2) is 5.68. The maximum atomic E-state index is 9.96. The van der Waals surface area contributed by atoms with Gasteiger partial charge in [0.25, 0.3) is 0 Å². The average molecular weight is 307 g/mol. The van der Waals surface area contributed by atoms with Crippen molar-refractivity contribution in [2.45, 2.75) is 43.1 Å². The highest BCUT2D eigenvalue weighted by molar-refractivity contribution is 5.36. The van der Waals surface area contributed by atoms with Crippen LogP contribution < -0.4 is 0 Å². The molecule has 2 aliphatic rings. The molecule has 0 amide bonds. The third-order valence-corrected chi connectivity index (χ3v) is 6.12. The van der Waals surface area contributed by atoms with E-state index in [-0.39, 0.29) is 5.41 Å². The summed E-state index contributed by atoms with van der Waals surface area (Å²) in [5, 5.41) is 9.96. The van der Waals surface area contributed by atoms with Crippen LogP contribution in [0.15, 0.2) is 54.6 Å². The summed E-state index contributed by atoms with van der Waals surface area (Å²) in [5.74, 6) is 1.01. The maximum Gasteiger partial charge on any atom is 0.115 e. The molecule has 1 N–H and O–H groups in total. The topological polar surface area (TPSA) is 23.5 Å². The van der Waals surface area contributed by atoms with E-state index in [1.54, 1.807) is 6.07 Å². The van der Waals surface area contributed by atoms with Crippen molar-refractivity contribution in [3.63, 3.8) is 0 Å². The van der Waals surface area contributed by atoms with Crippen LogP contribution >= 0.6 is 0 Å². The van der Waals surface area contributed by atoms with E-state index in [0.29, 0.717) is 17.7 Å². The Morgan fingerprint density at radius 3 is 2.65 bits per heavy atom. The van der Waals surface area contributed by atoms with Gasteiger partial charge in [-0.2, -0.15) is 0 Å². The lowest BCUT2D eigenvalue weighted by Gasteiger charge is -2.52. The zero-order chi connectivity index (χ0) is 15.9. The van der Waals surface area contributed by atoms with E-state index in [2.05, 4.69) is 48.3 Å². The normalized spacial score (nSPS) is 31.0. The second-order valence-corrected chi connectivity index (χ2v) is 7.47. The molecule has 120 valence electrons. The van der Waals surface area contributed by atoms with Gasteiger partial charge in [-0.25, -0.2) is 0 Å². The summed E-state index contributed by atoms with van der Waals surface area (Å²) in [5.41, 5.74) is 3.02. The molecule has 1 aliphatic carbocycles. The Morgan fingerprint density at radius 2 is 1.87 bits per heavy atom. The summed E-state index contributed by atoms with van der Waals surface area (Å²) < 4.78 is 0. The number of nitrogens with zero attached hydrogens (tertiary/aromatic N) is 1. The summed E-state index contributed by atoms with van der Waals surface area (Å²) >= 11 is 0. The number of rotatable bonds is 2. The van der Waals surface area contributed by atoms with Gasteiger partial charge in [-0.05, 0) is 73.9 Å². The van der Waals surface area contributed by atoms with Gasteiger partial charge in [0.1, 0.15) is 5.75 Å². The predicted molar refractivity (Wildman–Crippen MR) is 93.9 cm³/mol. The molecular weight excluding hydrogens is 282 g/mol. The van der Waals surface area contributed by atoms with Gasteiger partial charge in [-0.1, -0.05) is 42.5 Å². The van der Waals surface area contributed by atoms with Crippen LogP contribution in [0.2, 0.25) is 0 Å². The number of fused-ring (bicyclic) bond motifs is 2. The zero-order valence-electron chi connectivity index (χ0n) is 13.8. The van der Waals surface area contributed by atoms with E-state index in [0.717, 1.165) is 6.54 Å². The molecule has 4 rings (SSSR count). The minimum Gasteiger partial charge on any atom is -0.508 e. The van der Waals surface area contributed by atoms with Crippen molar-refractivity contribution in [1.29, 1.82) is 0 Å².